The van der Waals surface area contributed by atoms with E-state index in [1.54, 1.807) is 18.3 Å². The standard InChI is InChI=1S/C15H13Br2N5O2/c16-10-4-8(24-2-1-23)5-11(17)12(10)9-3-7-6-20-15(19)22-14(7)21-13(9)18/h3-6,23H,1-2H2,(H4,18,19,20,21,22). The molecule has 2 heterocycles. The Bertz CT molecular complexity index is 897. The van der Waals surface area contributed by atoms with Crippen LogP contribution in [0.25, 0.3) is 22.2 Å². The number of aromatic nitrogens is 3. The highest BCUT2D eigenvalue weighted by atomic mass is 79.9. The number of halogens is 2. The Balaban J connectivity index is 2.13. The summed E-state index contributed by atoms with van der Waals surface area (Å²) >= 11 is 7.06. The molecule has 0 radical (unpaired) electrons. The molecule has 0 aliphatic heterocycles. The quantitative estimate of drug-likeness (QED) is 0.554. The maximum atomic E-state index is 8.86. The van der Waals surface area contributed by atoms with Gasteiger partial charge in [0.05, 0.1) is 6.61 Å². The van der Waals surface area contributed by atoms with Gasteiger partial charge in [-0.25, -0.2) is 9.97 Å². The summed E-state index contributed by atoms with van der Waals surface area (Å²) in [4.78, 5) is 12.4. The molecule has 0 aliphatic rings. The van der Waals surface area contributed by atoms with E-state index in [2.05, 4.69) is 46.8 Å². The van der Waals surface area contributed by atoms with Crippen molar-refractivity contribution in [2.24, 2.45) is 0 Å². The second kappa shape index (κ2) is 6.88. The van der Waals surface area contributed by atoms with E-state index in [4.69, 9.17) is 21.3 Å². The number of benzene rings is 1. The van der Waals surface area contributed by atoms with Crippen LogP contribution in [0, 0.1) is 0 Å². The van der Waals surface area contributed by atoms with E-state index in [0.29, 0.717) is 17.2 Å². The monoisotopic (exact) mass is 453 g/mol. The minimum absolute atomic E-state index is 0.0539. The SMILES string of the molecule is Nc1ncc2cc(-c3c(Br)cc(OCCO)cc3Br)c(N)nc2n1. The van der Waals surface area contributed by atoms with Gasteiger partial charge in [0.1, 0.15) is 18.2 Å². The topological polar surface area (TPSA) is 120 Å². The number of nitrogens with zero attached hydrogens (tertiary/aromatic N) is 3. The van der Waals surface area contributed by atoms with Crippen LogP contribution in [0.1, 0.15) is 0 Å². The van der Waals surface area contributed by atoms with E-state index < -0.39 is 0 Å². The maximum Gasteiger partial charge on any atom is 0.222 e. The molecule has 0 fully saturated rings. The first-order chi connectivity index (χ1) is 11.5. The van der Waals surface area contributed by atoms with Gasteiger partial charge in [0.2, 0.25) is 5.95 Å². The highest BCUT2D eigenvalue weighted by molar-refractivity contribution is 9.11. The molecule has 9 heteroatoms. The minimum atomic E-state index is -0.0539. The largest absolute Gasteiger partial charge is 0.491 e. The molecule has 0 bridgehead atoms. The zero-order chi connectivity index (χ0) is 17.3. The van der Waals surface area contributed by atoms with Crippen LogP contribution in [-0.4, -0.2) is 33.3 Å². The van der Waals surface area contributed by atoms with Crippen LogP contribution in [-0.2, 0) is 0 Å². The molecule has 0 saturated heterocycles. The van der Waals surface area contributed by atoms with Crippen molar-refractivity contribution in [3.05, 3.63) is 33.3 Å². The first-order valence-corrected chi connectivity index (χ1v) is 8.50. The fourth-order valence-corrected chi connectivity index (χ4v) is 3.82. The number of aliphatic hydroxyl groups is 1. The van der Waals surface area contributed by atoms with E-state index in [0.717, 1.165) is 25.5 Å². The van der Waals surface area contributed by atoms with Gasteiger partial charge in [0.25, 0.3) is 0 Å². The van der Waals surface area contributed by atoms with Crippen LogP contribution < -0.4 is 16.2 Å². The molecule has 3 rings (SSSR count). The Morgan fingerprint density at radius 1 is 1.08 bits per heavy atom. The molecule has 2 aromatic heterocycles. The molecular formula is C15H13Br2N5O2. The van der Waals surface area contributed by atoms with Crippen molar-refractivity contribution >= 4 is 54.7 Å². The zero-order valence-electron chi connectivity index (χ0n) is 12.3. The number of hydrogen-bond donors (Lipinski definition) is 3. The Hall–Kier alpha value is -1.97. The molecule has 3 aromatic rings. The van der Waals surface area contributed by atoms with E-state index in [9.17, 15) is 0 Å². The summed E-state index contributed by atoms with van der Waals surface area (Å²) in [6.45, 7) is 0.165. The lowest BCUT2D eigenvalue weighted by Crippen LogP contribution is -2.03. The third-order valence-electron chi connectivity index (χ3n) is 3.26. The van der Waals surface area contributed by atoms with E-state index in [1.807, 2.05) is 6.07 Å². The molecule has 0 aliphatic carbocycles. The van der Waals surface area contributed by atoms with Crippen LogP contribution in [0.5, 0.6) is 5.75 Å². The second-order valence-corrected chi connectivity index (χ2v) is 6.60. The van der Waals surface area contributed by atoms with E-state index in [1.165, 1.54) is 0 Å². The van der Waals surface area contributed by atoms with Crippen molar-refractivity contribution < 1.29 is 9.84 Å². The maximum absolute atomic E-state index is 8.86. The molecule has 0 amide bonds. The van der Waals surface area contributed by atoms with Crippen LogP contribution in [0.2, 0.25) is 0 Å². The summed E-state index contributed by atoms with van der Waals surface area (Å²) in [5.74, 6) is 1.09. The van der Waals surface area contributed by atoms with Crippen LogP contribution in [0.3, 0.4) is 0 Å². The Labute approximate surface area is 154 Å². The number of hydrogen-bond acceptors (Lipinski definition) is 7. The van der Waals surface area contributed by atoms with Crippen LogP contribution >= 0.6 is 31.9 Å². The van der Waals surface area contributed by atoms with Crippen molar-refractivity contribution in [2.75, 3.05) is 24.7 Å². The smallest absolute Gasteiger partial charge is 0.222 e. The number of nitrogens with two attached hydrogens (primary N) is 2. The highest BCUT2D eigenvalue weighted by Gasteiger charge is 2.15. The summed E-state index contributed by atoms with van der Waals surface area (Å²) in [6.07, 6.45) is 1.61. The van der Waals surface area contributed by atoms with E-state index in [-0.39, 0.29) is 19.2 Å². The number of ether oxygens (including phenoxy) is 1. The summed E-state index contributed by atoms with van der Waals surface area (Å²) < 4.78 is 6.98. The van der Waals surface area contributed by atoms with E-state index >= 15 is 0 Å². The van der Waals surface area contributed by atoms with Crippen LogP contribution in [0.4, 0.5) is 11.8 Å². The third-order valence-corrected chi connectivity index (χ3v) is 4.51. The fraction of sp³-hybridized carbons (Fsp3) is 0.133. The highest BCUT2D eigenvalue weighted by Crippen LogP contribution is 2.41. The van der Waals surface area contributed by atoms with Gasteiger partial charge in [-0.2, -0.15) is 4.98 Å². The van der Waals surface area contributed by atoms with Crippen LogP contribution in [0.15, 0.2) is 33.3 Å². The molecule has 0 spiro atoms. The van der Waals surface area contributed by atoms with Gasteiger partial charge in [0.15, 0.2) is 5.65 Å². The first kappa shape index (κ1) is 16.9. The molecule has 24 heavy (non-hydrogen) atoms. The third kappa shape index (κ3) is 3.28. The summed E-state index contributed by atoms with van der Waals surface area (Å²) in [5.41, 5.74) is 13.7. The lowest BCUT2D eigenvalue weighted by Gasteiger charge is -2.13. The summed E-state index contributed by atoms with van der Waals surface area (Å²) in [7, 11) is 0. The lowest BCUT2D eigenvalue weighted by atomic mass is 10.1. The lowest BCUT2D eigenvalue weighted by molar-refractivity contribution is 0.201. The molecule has 5 N–H and O–H groups in total. The molecule has 7 nitrogen and oxygen atoms in total. The molecule has 0 saturated carbocycles. The van der Waals surface area contributed by atoms with Gasteiger partial charge >= 0.3 is 0 Å². The Morgan fingerprint density at radius 3 is 2.46 bits per heavy atom. The molecule has 1 aromatic carbocycles. The van der Waals surface area contributed by atoms with Gasteiger partial charge in [-0.15, -0.1) is 0 Å². The summed E-state index contributed by atoms with van der Waals surface area (Å²) in [6, 6.07) is 5.47. The summed E-state index contributed by atoms with van der Waals surface area (Å²) in [5, 5.41) is 9.59. The predicted octanol–water partition coefficient (Wildman–Crippen LogP) is 2.75. The minimum Gasteiger partial charge on any atom is -0.491 e. The second-order valence-electron chi connectivity index (χ2n) is 4.90. The van der Waals surface area contributed by atoms with Gasteiger partial charge in [-0.3, -0.25) is 0 Å². The van der Waals surface area contributed by atoms with Gasteiger partial charge in [-0.05, 0) is 50.1 Å². The fourth-order valence-electron chi connectivity index (χ4n) is 2.24. The zero-order valence-corrected chi connectivity index (χ0v) is 15.5. The van der Waals surface area contributed by atoms with Gasteiger partial charge in [0, 0.05) is 31.7 Å². The molecule has 0 unspecified atom stereocenters. The van der Waals surface area contributed by atoms with Crippen molar-refractivity contribution in [1.29, 1.82) is 0 Å². The number of fused-ring (bicyclic) bond motifs is 1. The number of nitrogen functional groups attached to an aromatic ring is 2. The number of anilines is 2. The average molecular weight is 455 g/mol. The van der Waals surface area contributed by atoms with Crippen molar-refractivity contribution in [3.63, 3.8) is 0 Å². The average Bonchev–Trinajstić information content (AvgIpc) is 2.53. The van der Waals surface area contributed by atoms with Crippen molar-refractivity contribution in [2.45, 2.75) is 0 Å². The normalized spacial score (nSPS) is 11.0. The Kier molecular flexibility index (Phi) is 4.83. The molecule has 0 atom stereocenters. The number of aliphatic hydroxyl groups excluding tert-OH is 1. The number of pyridine rings is 1. The molecule has 124 valence electrons. The van der Waals surface area contributed by atoms with Crippen molar-refractivity contribution in [1.82, 2.24) is 15.0 Å². The van der Waals surface area contributed by atoms with Crippen molar-refractivity contribution in [3.8, 4) is 16.9 Å². The van der Waals surface area contributed by atoms with Gasteiger partial charge in [-0.1, -0.05) is 0 Å². The Morgan fingerprint density at radius 2 is 1.79 bits per heavy atom. The van der Waals surface area contributed by atoms with Gasteiger partial charge < -0.3 is 21.3 Å². The molecular weight excluding hydrogens is 442 g/mol. The predicted molar refractivity (Wildman–Crippen MR) is 99.6 cm³/mol. The number of rotatable bonds is 4. The first-order valence-electron chi connectivity index (χ1n) is 6.91.